The van der Waals surface area contributed by atoms with Gasteiger partial charge in [0.05, 0.1) is 6.04 Å². The lowest BCUT2D eigenvalue weighted by molar-refractivity contribution is 0.0940. The number of halogens is 2. The number of hydrogen-bond donors (Lipinski definition) is 1. The van der Waals surface area contributed by atoms with Crippen LogP contribution in [-0.4, -0.2) is 5.91 Å². The molecule has 0 unspecified atom stereocenters. The molecule has 0 aliphatic rings. The van der Waals surface area contributed by atoms with E-state index in [-0.39, 0.29) is 17.8 Å². The Morgan fingerprint density at radius 1 is 1.21 bits per heavy atom. The van der Waals surface area contributed by atoms with E-state index in [0.717, 1.165) is 10.0 Å². The highest BCUT2D eigenvalue weighted by molar-refractivity contribution is 9.10. The third kappa shape index (κ3) is 3.64. The summed E-state index contributed by atoms with van der Waals surface area (Å²) < 4.78 is 13.8. The van der Waals surface area contributed by atoms with Gasteiger partial charge in [0.1, 0.15) is 5.82 Å². The van der Waals surface area contributed by atoms with Crippen molar-refractivity contribution in [2.24, 2.45) is 0 Å². The summed E-state index contributed by atoms with van der Waals surface area (Å²) in [7, 11) is 0. The second-order valence-electron chi connectivity index (χ2n) is 4.26. The van der Waals surface area contributed by atoms with Gasteiger partial charge in [-0.05, 0) is 48.9 Å². The van der Waals surface area contributed by atoms with E-state index in [2.05, 4.69) is 21.2 Å². The molecule has 2 rings (SSSR count). The van der Waals surface area contributed by atoms with Crippen molar-refractivity contribution >= 4 is 21.8 Å². The summed E-state index contributed by atoms with van der Waals surface area (Å²) in [5.41, 5.74) is 1.45. The molecule has 0 fully saturated rings. The van der Waals surface area contributed by atoms with Gasteiger partial charge in [0.25, 0.3) is 5.91 Å². The van der Waals surface area contributed by atoms with Gasteiger partial charge in [-0.15, -0.1) is 0 Å². The van der Waals surface area contributed by atoms with Crippen LogP contribution in [0.2, 0.25) is 0 Å². The number of benzene rings is 2. The van der Waals surface area contributed by atoms with E-state index in [9.17, 15) is 9.18 Å². The number of carbonyl (C=O) groups is 1. The van der Waals surface area contributed by atoms with Crippen molar-refractivity contribution in [1.29, 1.82) is 0 Å². The van der Waals surface area contributed by atoms with Crippen molar-refractivity contribution in [3.8, 4) is 0 Å². The second kappa shape index (κ2) is 5.97. The van der Waals surface area contributed by atoms with Crippen LogP contribution >= 0.6 is 15.9 Å². The molecule has 0 saturated heterocycles. The molecule has 1 amide bonds. The molecule has 0 aliphatic carbocycles. The largest absolute Gasteiger partial charge is 0.346 e. The maximum absolute atomic E-state index is 12.8. The van der Waals surface area contributed by atoms with Crippen molar-refractivity contribution in [3.05, 3.63) is 69.9 Å². The molecule has 0 saturated carbocycles. The summed E-state index contributed by atoms with van der Waals surface area (Å²) >= 11 is 3.40. The van der Waals surface area contributed by atoms with E-state index in [0.29, 0.717) is 5.56 Å². The summed E-state index contributed by atoms with van der Waals surface area (Å²) in [6.07, 6.45) is 0. The highest BCUT2D eigenvalue weighted by Crippen LogP contribution is 2.18. The monoisotopic (exact) mass is 321 g/mol. The minimum atomic E-state index is -0.350. The lowest BCUT2D eigenvalue weighted by atomic mass is 10.1. The Morgan fingerprint density at radius 2 is 1.89 bits per heavy atom. The Balaban J connectivity index is 2.08. The zero-order valence-corrected chi connectivity index (χ0v) is 11.9. The van der Waals surface area contributed by atoms with E-state index in [1.807, 2.05) is 31.2 Å². The van der Waals surface area contributed by atoms with Crippen LogP contribution in [-0.2, 0) is 0 Å². The van der Waals surface area contributed by atoms with Crippen molar-refractivity contribution in [2.75, 3.05) is 0 Å². The Hall–Kier alpha value is -1.68. The molecular formula is C15H13BrFNO. The average Bonchev–Trinajstić information content (AvgIpc) is 2.39. The van der Waals surface area contributed by atoms with Crippen molar-refractivity contribution in [2.45, 2.75) is 13.0 Å². The topological polar surface area (TPSA) is 29.1 Å². The number of hydrogen-bond acceptors (Lipinski definition) is 1. The number of amides is 1. The van der Waals surface area contributed by atoms with Gasteiger partial charge in [0.15, 0.2) is 0 Å². The molecule has 1 atom stereocenters. The molecule has 0 spiro atoms. The molecule has 0 aliphatic heterocycles. The Kier molecular flexibility index (Phi) is 4.32. The van der Waals surface area contributed by atoms with E-state index in [1.54, 1.807) is 0 Å². The molecule has 98 valence electrons. The molecule has 2 nitrogen and oxygen atoms in total. The van der Waals surface area contributed by atoms with Crippen molar-refractivity contribution < 1.29 is 9.18 Å². The number of rotatable bonds is 3. The van der Waals surface area contributed by atoms with Gasteiger partial charge in [-0.1, -0.05) is 28.1 Å². The minimum absolute atomic E-state index is 0.116. The highest BCUT2D eigenvalue weighted by atomic mass is 79.9. The van der Waals surface area contributed by atoms with Crippen LogP contribution in [0.4, 0.5) is 4.39 Å². The summed E-state index contributed by atoms with van der Waals surface area (Å²) in [5, 5.41) is 2.88. The summed E-state index contributed by atoms with van der Waals surface area (Å²) in [5.74, 6) is -0.566. The van der Waals surface area contributed by atoms with Crippen LogP contribution in [0.5, 0.6) is 0 Å². The second-order valence-corrected chi connectivity index (χ2v) is 5.17. The van der Waals surface area contributed by atoms with Crippen LogP contribution < -0.4 is 5.32 Å². The van der Waals surface area contributed by atoms with Gasteiger partial charge in [-0.3, -0.25) is 4.79 Å². The molecular weight excluding hydrogens is 309 g/mol. The molecule has 19 heavy (non-hydrogen) atoms. The van der Waals surface area contributed by atoms with E-state index < -0.39 is 0 Å². The zero-order valence-electron chi connectivity index (χ0n) is 10.4. The van der Waals surface area contributed by atoms with Crippen LogP contribution in [0.25, 0.3) is 0 Å². The van der Waals surface area contributed by atoms with Crippen LogP contribution in [0.1, 0.15) is 28.9 Å². The zero-order chi connectivity index (χ0) is 13.8. The van der Waals surface area contributed by atoms with Gasteiger partial charge in [0, 0.05) is 10.0 Å². The van der Waals surface area contributed by atoms with E-state index >= 15 is 0 Å². The van der Waals surface area contributed by atoms with Gasteiger partial charge in [-0.25, -0.2) is 4.39 Å². The van der Waals surface area contributed by atoms with Gasteiger partial charge >= 0.3 is 0 Å². The first kappa shape index (κ1) is 13.7. The van der Waals surface area contributed by atoms with Crippen molar-refractivity contribution in [1.82, 2.24) is 5.32 Å². The maximum atomic E-state index is 12.8. The minimum Gasteiger partial charge on any atom is -0.346 e. The third-order valence-corrected chi connectivity index (χ3v) is 3.30. The Bertz CT molecular complexity index is 583. The average molecular weight is 322 g/mol. The molecule has 1 N–H and O–H groups in total. The standard InChI is InChI=1S/C15H13BrFNO/c1-10(12-3-2-4-13(16)9-12)18-15(19)11-5-7-14(17)8-6-11/h2-10H,1H3,(H,18,19)/t10-/m1/s1. The fourth-order valence-corrected chi connectivity index (χ4v) is 2.16. The highest BCUT2D eigenvalue weighted by Gasteiger charge is 2.11. The molecule has 2 aromatic carbocycles. The van der Waals surface area contributed by atoms with Gasteiger partial charge < -0.3 is 5.32 Å². The molecule has 0 radical (unpaired) electrons. The van der Waals surface area contributed by atoms with Crippen LogP contribution in [0.3, 0.4) is 0 Å². The Labute approximate surface area is 119 Å². The summed E-state index contributed by atoms with van der Waals surface area (Å²) in [6.45, 7) is 1.91. The van der Waals surface area contributed by atoms with Gasteiger partial charge in [-0.2, -0.15) is 0 Å². The summed E-state index contributed by atoms with van der Waals surface area (Å²) in [4.78, 5) is 12.0. The lowest BCUT2D eigenvalue weighted by Gasteiger charge is -2.14. The molecule has 0 bridgehead atoms. The predicted molar refractivity (Wildman–Crippen MR) is 76.4 cm³/mol. The molecule has 0 aromatic heterocycles. The fraction of sp³-hybridized carbons (Fsp3) is 0.133. The van der Waals surface area contributed by atoms with Crippen LogP contribution in [0, 0.1) is 5.82 Å². The molecule has 0 heterocycles. The number of carbonyl (C=O) groups excluding carboxylic acids is 1. The van der Waals surface area contributed by atoms with Crippen LogP contribution in [0.15, 0.2) is 53.0 Å². The SMILES string of the molecule is C[C@@H](NC(=O)c1ccc(F)cc1)c1cccc(Br)c1. The fourth-order valence-electron chi connectivity index (χ4n) is 1.74. The lowest BCUT2D eigenvalue weighted by Crippen LogP contribution is -2.26. The van der Waals surface area contributed by atoms with E-state index in [4.69, 9.17) is 0 Å². The Morgan fingerprint density at radius 3 is 2.53 bits per heavy atom. The normalized spacial score (nSPS) is 11.9. The smallest absolute Gasteiger partial charge is 0.251 e. The summed E-state index contributed by atoms with van der Waals surface area (Å²) in [6, 6.07) is 13.1. The molecule has 2 aromatic rings. The third-order valence-electron chi connectivity index (χ3n) is 2.80. The molecule has 4 heteroatoms. The predicted octanol–water partition coefficient (Wildman–Crippen LogP) is 4.08. The first-order valence-electron chi connectivity index (χ1n) is 5.88. The number of nitrogens with one attached hydrogen (secondary N) is 1. The van der Waals surface area contributed by atoms with E-state index in [1.165, 1.54) is 24.3 Å². The van der Waals surface area contributed by atoms with Crippen molar-refractivity contribution in [3.63, 3.8) is 0 Å². The quantitative estimate of drug-likeness (QED) is 0.906. The van der Waals surface area contributed by atoms with Gasteiger partial charge in [0.2, 0.25) is 0 Å². The first-order valence-corrected chi connectivity index (χ1v) is 6.67. The first-order chi connectivity index (χ1) is 9.06. The maximum Gasteiger partial charge on any atom is 0.251 e.